The maximum atomic E-state index is 3.69. The van der Waals surface area contributed by atoms with Crippen LogP contribution in [0.1, 0.15) is 30.0 Å². The fraction of sp³-hybridized carbons (Fsp3) is 0.160. The molecule has 1 aliphatic heterocycles. The van der Waals surface area contributed by atoms with E-state index in [0.29, 0.717) is 0 Å². The highest BCUT2D eigenvalue weighted by molar-refractivity contribution is 5.78. The molecule has 0 saturated carbocycles. The van der Waals surface area contributed by atoms with E-state index in [0.717, 1.165) is 12.8 Å². The van der Waals surface area contributed by atoms with Crippen LogP contribution in [0, 0.1) is 0 Å². The number of anilines is 1. The third-order valence-corrected chi connectivity index (χ3v) is 5.79. The summed E-state index contributed by atoms with van der Waals surface area (Å²) in [6, 6.07) is 17.7. The van der Waals surface area contributed by atoms with Gasteiger partial charge in [-0.05, 0) is 58.6 Å². The molecule has 5 rings (SSSR count). The molecule has 1 atom stereocenters. The van der Waals surface area contributed by atoms with E-state index in [1.165, 1.54) is 39.2 Å². The molecule has 1 N–H and O–H groups in total. The Hall–Kier alpha value is -3.02. The highest BCUT2D eigenvalue weighted by Crippen LogP contribution is 2.55. The summed E-state index contributed by atoms with van der Waals surface area (Å²) in [6.45, 7) is 2.25. The van der Waals surface area contributed by atoms with Crippen molar-refractivity contribution < 1.29 is 0 Å². The van der Waals surface area contributed by atoms with Gasteiger partial charge in [-0.1, -0.05) is 61.5 Å². The number of nitrogens with one attached hydrogen (secondary N) is 1. The van der Waals surface area contributed by atoms with Crippen LogP contribution in [-0.4, -0.2) is 0 Å². The molecule has 1 heterocycles. The Kier molecular flexibility index (Phi) is 3.38. The lowest BCUT2D eigenvalue weighted by atomic mass is 9.61. The largest absolute Gasteiger partial charge is 0.358 e. The lowest BCUT2D eigenvalue weighted by molar-refractivity contribution is 0.717. The van der Waals surface area contributed by atoms with E-state index in [1.54, 1.807) is 0 Å². The van der Waals surface area contributed by atoms with Gasteiger partial charge in [0.15, 0.2) is 0 Å². The van der Waals surface area contributed by atoms with Gasteiger partial charge in [-0.15, -0.1) is 5.73 Å². The Morgan fingerprint density at radius 3 is 2.65 bits per heavy atom. The third kappa shape index (κ3) is 1.92. The second-order valence-corrected chi connectivity index (χ2v) is 7.03. The molecule has 0 radical (unpaired) electrons. The van der Waals surface area contributed by atoms with Gasteiger partial charge in [0.1, 0.15) is 0 Å². The SMILES string of the molecule is CCc1ccccc1C1(C2=CC=C=C2)C2=C(CC=C2)Nc2ccccc21. The zero-order chi connectivity index (χ0) is 17.6. The predicted octanol–water partition coefficient (Wildman–Crippen LogP) is 5.83. The first-order chi connectivity index (χ1) is 12.9. The summed E-state index contributed by atoms with van der Waals surface area (Å²) in [6.07, 6.45) is 13.0. The maximum absolute atomic E-state index is 3.69. The van der Waals surface area contributed by atoms with Gasteiger partial charge in [-0.2, -0.15) is 0 Å². The highest BCUT2D eigenvalue weighted by Gasteiger charge is 2.47. The van der Waals surface area contributed by atoms with Gasteiger partial charge in [0, 0.05) is 17.8 Å². The molecular weight excluding hydrogens is 314 g/mol. The molecule has 1 unspecified atom stereocenters. The Bertz CT molecular complexity index is 1060. The van der Waals surface area contributed by atoms with Gasteiger partial charge in [-0.3, -0.25) is 0 Å². The molecular formula is C25H21N. The first-order valence-electron chi connectivity index (χ1n) is 9.34. The Balaban J connectivity index is 1.93. The van der Waals surface area contributed by atoms with Crippen molar-refractivity contribution in [3.63, 3.8) is 0 Å². The molecule has 2 aromatic carbocycles. The van der Waals surface area contributed by atoms with E-state index in [9.17, 15) is 0 Å². The molecule has 0 bridgehead atoms. The smallest absolute Gasteiger partial charge is 0.0747 e. The molecule has 3 aliphatic rings. The average Bonchev–Trinajstić information content (AvgIpc) is 3.38. The summed E-state index contributed by atoms with van der Waals surface area (Å²) in [5.74, 6) is 0. The van der Waals surface area contributed by atoms with Crippen molar-refractivity contribution in [2.24, 2.45) is 0 Å². The number of hydrogen-bond acceptors (Lipinski definition) is 1. The normalized spacial score (nSPS) is 22.3. The van der Waals surface area contributed by atoms with Crippen molar-refractivity contribution in [1.29, 1.82) is 0 Å². The van der Waals surface area contributed by atoms with Crippen LogP contribution in [0.5, 0.6) is 0 Å². The number of allylic oxidation sites excluding steroid dienone is 6. The van der Waals surface area contributed by atoms with Crippen LogP contribution in [0.3, 0.4) is 0 Å². The van der Waals surface area contributed by atoms with Crippen molar-refractivity contribution in [3.05, 3.63) is 118 Å². The first-order valence-corrected chi connectivity index (χ1v) is 9.34. The summed E-state index contributed by atoms with van der Waals surface area (Å²) < 4.78 is 0. The van der Waals surface area contributed by atoms with Gasteiger partial charge < -0.3 is 5.32 Å². The van der Waals surface area contributed by atoms with Crippen molar-refractivity contribution in [2.75, 3.05) is 5.32 Å². The molecule has 126 valence electrons. The van der Waals surface area contributed by atoms with E-state index >= 15 is 0 Å². The summed E-state index contributed by atoms with van der Waals surface area (Å²) in [5.41, 5.74) is 12.3. The van der Waals surface area contributed by atoms with Crippen LogP contribution in [0.15, 0.2) is 101 Å². The molecule has 0 amide bonds. The number of fused-ring (bicyclic) bond motifs is 1. The second kappa shape index (κ2) is 5.76. The zero-order valence-electron chi connectivity index (χ0n) is 14.9. The van der Waals surface area contributed by atoms with Crippen molar-refractivity contribution in [2.45, 2.75) is 25.2 Å². The minimum atomic E-state index is -0.281. The van der Waals surface area contributed by atoms with Crippen molar-refractivity contribution >= 4 is 5.69 Å². The summed E-state index contributed by atoms with van der Waals surface area (Å²) in [7, 11) is 0. The Morgan fingerprint density at radius 1 is 1.04 bits per heavy atom. The molecule has 0 aromatic heterocycles. The van der Waals surface area contributed by atoms with Gasteiger partial charge in [0.05, 0.1) is 5.41 Å². The van der Waals surface area contributed by atoms with Crippen LogP contribution in [0.4, 0.5) is 5.69 Å². The van der Waals surface area contributed by atoms with Gasteiger partial charge in [0.25, 0.3) is 0 Å². The van der Waals surface area contributed by atoms with E-state index < -0.39 is 0 Å². The topological polar surface area (TPSA) is 12.0 Å². The van der Waals surface area contributed by atoms with Gasteiger partial charge >= 0.3 is 0 Å². The molecule has 2 aliphatic carbocycles. The summed E-state index contributed by atoms with van der Waals surface area (Å²) >= 11 is 0. The monoisotopic (exact) mass is 335 g/mol. The van der Waals surface area contributed by atoms with Crippen LogP contribution < -0.4 is 5.32 Å². The fourth-order valence-electron chi connectivity index (χ4n) is 4.71. The Morgan fingerprint density at radius 2 is 1.85 bits per heavy atom. The molecule has 1 heteroatoms. The van der Waals surface area contributed by atoms with Crippen LogP contribution in [-0.2, 0) is 11.8 Å². The number of benzene rings is 2. The summed E-state index contributed by atoms with van der Waals surface area (Å²) in [5, 5.41) is 3.69. The van der Waals surface area contributed by atoms with Crippen LogP contribution >= 0.6 is 0 Å². The lowest BCUT2D eigenvalue weighted by Gasteiger charge is -2.43. The van der Waals surface area contributed by atoms with Crippen molar-refractivity contribution in [1.82, 2.24) is 0 Å². The minimum Gasteiger partial charge on any atom is -0.358 e. The lowest BCUT2D eigenvalue weighted by Crippen LogP contribution is -2.37. The van der Waals surface area contributed by atoms with E-state index in [1.807, 2.05) is 6.08 Å². The average molecular weight is 335 g/mol. The van der Waals surface area contributed by atoms with Crippen LogP contribution in [0.25, 0.3) is 0 Å². The quantitative estimate of drug-likeness (QED) is 0.696. The minimum absolute atomic E-state index is 0.281. The fourth-order valence-corrected chi connectivity index (χ4v) is 4.71. The van der Waals surface area contributed by atoms with Gasteiger partial charge in [-0.25, -0.2) is 0 Å². The number of hydrogen-bond donors (Lipinski definition) is 1. The molecule has 2 aromatic rings. The Labute approximate surface area is 154 Å². The van der Waals surface area contributed by atoms with E-state index in [-0.39, 0.29) is 5.41 Å². The molecule has 0 saturated heterocycles. The standard InChI is InChI=1S/C25H21N/c1-2-18-10-3-6-13-20(18)25(19-11-4-5-12-19)21-14-7-8-16-23(21)26-24-17-9-15-22(24)25/h3-4,6-16,26H,2,17H2,1H3. The predicted molar refractivity (Wildman–Crippen MR) is 108 cm³/mol. The molecule has 26 heavy (non-hydrogen) atoms. The van der Waals surface area contributed by atoms with Crippen molar-refractivity contribution in [3.8, 4) is 0 Å². The zero-order valence-corrected chi connectivity index (χ0v) is 14.9. The molecule has 0 spiro atoms. The second-order valence-electron chi connectivity index (χ2n) is 7.03. The number of rotatable bonds is 3. The highest BCUT2D eigenvalue weighted by atomic mass is 14.9. The van der Waals surface area contributed by atoms with E-state index in [4.69, 9.17) is 0 Å². The number of para-hydroxylation sites is 1. The molecule has 1 nitrogen and oxygen atoms in total. The first kappa shape index (κ1) is 15.3. The van der Waals surface area contributed by atoms with E-state index in [2.05, 4.69) is 90.8 Å². The van der Waals surface area contributed by atoms with Gasteiger partial charge in [0.2, 0.25) is 0 Å². The number of aryl methyl sites for hydroxylation is 1. The third-order valence-electron chi connectivity index (χ3n) is 5.79. The van der Waals surface area contributed by atoms with Crippen LogP contribution in [0.2, 0.25) is 0 Å². The maximum Gasteiger partial charge on any atom is 0.0747 e. The summed E-state index contributed by atoms with van der Waals surface area (Å²) in [4.78, 5) is 0. The molecule has 0 fully saturated rings.